The van der Waals surface area contributed by atoms with E-state index in [-0.39, 0.29) is 11.9 Å². The minimum absolute atomic E-state index is 0.130. The number of amides is 3. The highest BCUT2D eigenvalue weighted by Crippen LogP contribution is 2.28. The predicted octanol–water partition coefficient (Wildman–Crippen LogP) is 4.78. The number of nitrogens with zero attached hydrogens (tertiary/aromatic N) is 3. The van der Waals surface area contributed by atoms with Crippen molar-refractivity contribution in [1.82, 2.24) is 15.1 Å². The maximum atomic E-state index is 12.6. The maximum absolute atomic E-state index is 12.6. The number of thiophene rings is 1. The van der Waals surface area contributed by atoms with E-state index in [0.29, 0.717) is 18.8 Å². The van der Waals surface area contributed by atoms with Gasteiger partial charge >= 0.3 is 6.03 Å². The lowest BCUT2D eigenvalue weighted by molar-refractivity contribution is -0.111. The van der Waals surface area contributed by atoms with Crippen LogP contribution in [-0.2, 0) is 4.79 Å². The fraction of sp³-hybridized carbons (Fsp3) is 0.0800. The third-order valence-electron chi connectivity index (χ3n) is 5.21. The monoisotopic (exact) mass is 455 g/mol. The lowest BCUT2D eigenvalue weighted by Gasteiger charge is -2.15. The number of para-hydroxylation sites is 1. The fourth-order valence-electron chi connectivity index (χ4n) is 3.65. The number of aromatic nitrogens is 2. The van der Waals surface area contributed by atoms with E-state index in [0.717, 1.165) is 27.5 Å². The number of urea groups is 1. The average Bonchev–Trinajstić information content (AvgIpc) is 3.59. The van der Waals surface area contributed by atoms with E-state index in [1.807, 2.05) is 70.9 Å². The molecule has 3 heterocycles. The number of anilines is 2. The van der Waals surface area contributed by atoms with Gasteiger partial charge in [0.1, 0.15) is 5.69 Å². The van der Waals surface area contributed by atoms with Crippen molar-refractivity contribution in [1.29, 1.82) is 0 Å². The molecule has 8 heteroatoms. The van der Waals surface area contributed by atoms with Crippen LogP contribution in [0.25, 0.3) is 22.3 Å². The number of hydrogen-bond acceptors (Lipinski definition) is 4. The molecule has 3 amide bonds. The van der Waals surface area contributed by atoms with Gasteiger partial charge in [0.05, 0.1) is 10.6 Å². The van der Waals surface area contributed by atoms with Crippen LogP contribution >= 0.6 is 11.3 Å². The highest BCUT2D eigenvalue weighted by molar-refractivity contribution is 7.13. The molecular formula is C25H21N5O2S. The van der Waals surface area contributed by atoms with Gasteiger partial charge in [-0.2, -0.15) is 5.10 Å². The molecule has 5 rings (SSSR count). The highest BCUT2D eigenvalue weighted by Gasteiger charge is 2.21. The van der Waals surface area contributed by atoms with Crippen molar-refractivity contribution in [2.45, 2.75) is 0 Å². The third-order valence-corrected chi connectivity index (χ3v) is 6.09. The Kier molecular flexibility index (Phi) is 5.73. The zero-order chi connectivity index (χ0) is 22.6. The van der Waals surface area contributed by atoms with Gasteiger partial charge < -0.3 is 10.6 Å². The van der Waals surface area contributed by atoms with Crippen LogP contribution in [0, 0.1) is 0 Å². The van der Waals surface area contributed by atoms with Gasteiger partial charge in [-0.05, 0) is 47.9 Å². The molecule has 1 fully saturated rings. The second-order valence-corrected chi connectivity index (χ2v) is 8.39. The van der Waals surface area contributed by atoms with Crippen LogP contribution in [-0.4, -0.2) is 34.8 Å². The number of carbonyl (C=O) groups is 2. The number of rotatable bonds is 6. The summed E-state index contributed by atoms with van der Waals surface area (Å²) >= 11 is 1.60. The second kappa shape index (κ2) is 9.13. The first-order valence-corrected chi connectivity index (χ1v) is 11.4. The Bertz CT molecular complexity index is 1310. The Morgan fingerprint density at radius 1 is 1.06 bits per heavy atom. The summed E-state index contributed by atoms with van der Waals surface area (Å²) in [5.74, 6) is -0.261. The van der Waals surface area contributed by atoms with Gasteiger partial charge in [-0.15, -0.1) is 11.3 Å². The largest absolute Gasteiger partial charge is 0.336 e. The van der Waals surface area contributed by atoms with E-state index in [1.54, 1.807) is 34.4 Å². The third kappa shape index (κ3) is 4.56. The topological polar surface area (TPSA) is 79.3 Å². The van der Waals surface area contributed by atoms with Crippen LogP contribution in [0.3, 0.4) is 0 Å². The first kappa shape index (κ1) is 20.7. The molecule has 2 N–H and O–H groups in total. The van der Waals surface area contributed by atoms with Gasteiger partial charge in [-0.1, -0.05) is 30.3 Å². The summed E-state index contributed by atoms with van der Waals surface area (Å²) in [7, 11) is 0. The van der Waals surface area contributed by atoms with Gasteiger partial charge in [0.25, 0.3) is 0 Å². The summed E-state index contributed by atoms with van der Waals surface area (Å²) in [5.41, 5.74) is 3.98. The Hall–Kier alpha value is -4.17. The first-order chi connectivity index (χ1) is 16.2. The van der Waals surface area contributed by atoms with Crippen molar-refractivity contribution >= 4 is 40.7 Å². The van der Waals surface area contributed by atoms with E-state index < -0.39 is 0 Å². The molecule has 0 atom stereocenters. The number of benzene rings is 2. The Labute approximate surface area is 195 Å². The quantitative estimate of drug-likeness (QED) is 0.411. The molecule has 33 heavy (non-hydrogen) atoms. The predicted molar refractivity (Wildman–Crippen MR) is 132 cm³/mol. The van der Waals surface area contributed by atoms with E-state index in [4.69, 9.17) is 5.10 Å². The SMILES string of the molecule is O=C(C=Cc1cn(-c2ccccc2)nc1-c1cccs1)Nc1cccc(N2CCNC2=O)c1. The molecule has 0 spiro atoms. The van der Waals surface area contributed by atoms with Crippen LogP contribution in [0.15, 0.2) is 84.4 Å². The van der Waals surface area contributed by atoms with Crippen LogP contribution in [0.4, 0.5) is 16.2 Å². The summed E-state index contributed by atoms with van der Waals surface area (Å²) in [5, 5.41) is 12.4. The van der Waals surface area contributed by atoms with Crippen molar-refractivity contribution in [3.63, 3.8) is 0 Å². The Morgan fingerprint density at radius 2 is 1.91 bits per heavy atom. The molecule has 0 bridgehead atoms. The van der Waals surface area contributed by atoms with Crippen molar-refractivity contribution in [2.24, 2.45) is 0 Å². The van der Waals surface area contributed by atoms with Crippen LogP contribution in [0.1, 0.15) is 5.56 Å². The van der Waals surface area contributed by atoms with Crippen LogP contribution < -0.4 is 15.5 Å². The highest BCUT2D eigenvalue weighted by atomic mass is 32.1. The maximum Gasteiger partial charge on any atom is 0.321 e. The van der Waals surface area contributed by atoms with Crippen molar-refractivity contribution in [3.8, 4) is 16.3 Å². The minimum Gasteiger partial charge on any atom is -0.336 e. The van der Waals surface area contributed by atoms with Gasteiger partial charge in [-0.3, -0.25) is 9.69 Å². The minimum atomic E-state index is -0.261. The van der Waals surface area contributed by atoms with Crippen molar-refractivity contribution in [3.05, 3.63) is 89.9 Å². The standard InChI is InChI=1S/C25H21N5O2S/c31-23(27-19-6-4-9-21(16-19)29-14-13-26-25(29)32)12-11-18-17-30(20-7-2-1-3-8-20)28-24(18)22-10-5-15-33-22/h1-12,15-17H,13-14H2,(H,26,32)(H,27,31). The summed E-state index contributed by atoms with van der Waals surface area (Å²) in [6.07, 6.45) is 5.19. The molecule has 0 radical (unpaired) electrons. The molecule has 0 unspecified atom stereocenters. The van der Waals surface area contributed by atoms with Gasteiger partial charge in [0.15, 0.2) is 0 Å². The zero-order valence-electron chi connectivity index (χ0n) is 17.6. The van der Waals surface area contributed by atoms with Crippen LogP contribution in [0.5, 0.6) is 0 Å². The van der Waals surface area contributed by atoms with E-state index in [9.17, 15) is 9.59 Å². The lowest BCUT2D eigenvalue weighted by atomic mass is 10.2. The molecule has 4 aromatic rings. The summed E-state index contributed by atoms with van der Waals surface area (Å²) in [4.78, 5) is 27.2. The van der Waals surface area contributed by atoms with E-state index in [2.05, 4.69) is 10.6 Å². The summed E-state index contributed by atoms with van der Waals surface area (Å²) in [6, 6.07) is 21.0. The van der Waals surface area contributed by atoms with Crippen LogP contribution in [0.2, 0.25) is 0 Å². The molecular weight excluding hydrogens is 434 g/mol. The molecule has 7 nitrogen and oxygen atoms in total. The van der Waals surface area contributed by atoms with E-state index >= 15 is 0 Å². The molecule has 0 aliphatic carbocycles. The lowest BCUT2D eigenvalue weighted by Crippen LogP contribution is -2.27. The fourth-order valence-corrected chi connectivity index (χ4v) is 4.38. The number of hydrogen-bond donors (Lipinski definition) is 2. The average molecular weight is 456 g/mol. The molecule has 1 aliphatic heterocycles. The number of carbonyl (C=O) groups excluding carboxylic acids is 2. The number of nitrogens with one attached hydrogen (secondary N) is 2. The Morgan fingerprint density at radius 3 is 2.67 bits per heavy atom. The van der Waals surface area contributed by atoms with Crippen molar-refractivity contribution < 1.29 is 9.59 Å². The molecule has 1 aliphatic rings. The smallest absolute Gasteiger partial charge is 0.321 e. The molecule has 2 aromatic carbocycles. The van der Waals surface area contributed by atoms with Gasteiger partial charge in [-0.25, -0.2) is 9.48 Å². The van der Waals surface area contributed by atoms with Gasteiger partial charge in [0, 0.05) is 42.3 Å². The summed E-state index contributed by atoms with van der Waals surface area (Å²) < 4.78 is 1.82. The zero-order valence-corrected chi connectivity index (χ0v) is 18.5. The second-order valence-electron chi connectivity index (χ2n) is 7.45. The molecule has 164 valence electrons. The normalized spacial score (nSPS) is 13.5. The van der Waals surface area contributed by atoms with Crippen molar-refractivity contribution in [2.75, 3.05) is 23.3 Å². The summed E-state index contributed by atoms with van der Waals surface area (Å²) in [6.45, 7) is 1.22. The molecule has 2 aromatic heterocycles. The first-order valence-electron chi connectivity index (χ1n) is 10.5. The Balaban J connectivity index is 1.36. The molecule has 1 saturated heterocycles. The van der Waals surface area contributed by atoms with E-state index in [1.165, 1.54) is 6.08 Å². The van der Waals surface area contributed by atoms with Gasteiger partial charge in [0.2, 0.25) is 5.91 Å². The molecule has 0 saturated carbocycles.